The number of hydrogen-bond acceptors (Lipinski definition) is 4. The minimum absolute atomic E-state index is 0.114. The van der Waals surface area contributed by atoms with Gasteiger partial charge in [0, 0.05) is 24.2 Å². The zero-order valence-corrected chi connectivity index (χ0v) is 15.1. The first-order chi connectivity index (χ1) is 13.1. The Kier molecular flexibility index (Phi) is 4.54. The summed E-state index contributed by atoms with van der Waals surface area (Å²) in [5.74, 6) is -0.249. The van der Waals surface area contributed by atoms with Gasteiger partial charge < -0.3 is 9.64 Å². The fourth-order valence-corrected chi connectivity index (χ4v) is 3.74. The molecule has 0 saturated carbocycles. The highest BCUT2D eigenvalue weighted by molar-refractivity contribution is 6.11. The Morgan fingerprint density at radius 1 is 1.19 bits per heavy atom. The summed E-state index contributed by atoms with van der Waals surface area (Å²) in [6, 6.07) is 12.5. The van der Waals surface area contributed by atoms with E-state index in [1.54, 1.807) is 30.3 Å². The van der Waals surface area contributed by atoms with Gasteiger partial charge in [0.05, 0.1) is 11.8 Å². The molecule has 2 aliphatic rings. The van der Waals surface area contributed by atoms with Crippen molar-refractivity contribution in [2.45, 2.75) is 25.0 Å². The molecule has 4 rings (SSSR count). The maximum Gasteiger partial charge on any atom is 0.260 e. The molecule has 6 heteroatoms. The van der Waals surface area contributed by atoms with E-state index in [0.29, 0.717) is 16.9 Å². The molecule has 2 heterocycles. The van der Waals surface area contributed by atoms with Gasteiger partial charge in [0.2, 0.25) is 0 Å². The van der Waals surface area contributed by atoms with Crippen molar-refractivity contribution in [1.29, 1.82) is 5.26 Å². The normalized spacial score (nSPS) is 20.4. The molecule has 1 saturated heterocycles. The molecule has 1 fully saturated rings. The van der Waals surface area contributed by atoms with Crippen LogP contribution in [0.25, 0.3) is 0 Å². The van der Waals surface area contributed by atoms with Gasteiger partial charge in [0.1, 0.15) is 17.7 Å². The number of fused-ring (bicyclic) bond motifs is 1. The van der Waals surface area contributed by atoms with Crippen molar-refractivity contribution in [2.75, 3.05) is 25.0 Å². The van der Waals surface area contributed by atoms with Gasteiger partial charge in [-0.05, 0) is 50.2 Å². The summed E-state index contributed by atoms with van der Waals surface area (Å²) in [6.07, 6.45) is 2.00. The van der Waals surface area contributed by atoms with E-state index < -0.39 is 11.9 Å². The highest BCUT2D eigenvalue weighted by atomic mass is 19.1. The molecule has 1 atom stereocenters. The first-order valence-corrected chi connectivity index (χ1v) is 9.05. The van der Waals surface area contributed by atoms with Crippen LogP contribution in [0.15, 0.2) is 42.5 Å². The van der Waals surface area contributed by atoms with Crippen molar-refractivity contribution in [3.63, 3.8) is 0 Å². The number of ether oxygens (including phenoxy) is 1. The molecule has 0 spiro atoms. The number of para-hydroxylation sites is 1. The molecule has 0 aromatic heterocycles. The van der Waals surface area contributed by atoms with Crippen LogP contribution in [0.5, 0.6) is 5.75 Å². The van der Waals surface area contributed by atoms with Crippen molar-refractivity contribution in [3.05, 3.63) is 59.4 Å². The second-order valence-corrected chi connectivity index (χ2v) is 7.03. The second kappa shape index (κ2) is 7.01. The number of hydrogen-bond donors (Lipinski definition) is 0. The first-order valence-electron chi connectivity index (χ1n) is 9.05. The van der Waals surface area contributed by atoms with Gasteiger partial charge in [-0.2, -0.15) is 5.26 Å². The average molecular weight is 365 g/mol. The summed E-state index contributed by atoms with van der Waals surface area (Å²) < 4.78 is 20.3. The molecular weight excluding hydrogens is 345 g/mol. The average Bonchev–Trinajstić information content (AvgIpc) is 2.95. The van der Waals surface area contributed by atoms with E-state index in [4.69, 9.17) is 4.74 Å². The highest BCUT2D eigenvalue weighted by Crippen LogP contribution is 2.40. The molecule has 138 valence electrons. The summed E-state index contributed by atoms with van der Waals surface area (Å²) in [5.41, 5.74) is 1.10. The molecule has 27 heavy (non-hydrogen) atoms. The maximum absolute atomic E-state index is 14.2. The number of carbonyl (C=O) groups is 1. The number of nitriles is 1. The number of likely N-dealkylation sites (tertiary alicyclic amines) is 1. The lowest BCUT2D eigenvalue weighted by Crippen LogP contribution is -2.35. The molecule has 0 bridgehead atoms. The number of nitrogens with zero attached hydrogens (tertiary/aromatic N) is 3. The summed E-state index contributed by atoms with van der Waals surface area (Å²) in [7, 11) is 2.09. The van der Waals surface area contributed by atoms with Crippen molar-refractivity contribution in [1.82, 2.24) is 4.90 Å². The van der Waals surface area contributed by atoms with E-state index in [0.717, 1.165) is 25.9 Å². The lowest BCUT2D eigenvalue weighted by molar-refractivity contribution is 0.0993. The molecule has 0 N–H and O–H groups in total. The van der Waals surface area contributed by atoms with E-state index in [1.807, 2.05) is 0 Å². The quantitative estimate of drug-likeness (QED) is 0.835. The van der Waals surface area contributed by atoms with Crippen LogP contribution in [-0.2, 0) is 0 Å². The molecule has 0 aliphatic carbocycles. The second-order valence-electron chi connectivity index (χ2n) is 7.03. The molecular formula is C21H20FN3O2. The van der Waals surface area contributed by atoms with Crippen LogP contribution in [0.3, 0.4) is 0 Å². The van der Waals surface area contributed by atoms with Gasteiger partial charge in [0.25, 0.3) is 5.91 Å². The van der Waals surface area contributed by atoms with Crippen molar-refractivity contribution in [2.24, 2.45) is 0 Å². The summed E-state index contributed by atoms with van der Waals surface area (Å²) in [6.45, 7) is 1.96. The van der Waals surface area contributed by atoms with Crippen LogP contribution >= 0.6 is 0 Å². The molecule has 1 amide bonds. The third kappa shape index (κ3) is 3.15. The minimum atomic E-state index is -0.870. The van der Waals surface area contributed by atoms with Crippen LogP contribution in [0.4, 0.5) is 10.1 Å². The van der Waals surface area contributed by atoms with Gasteiger partial charge in [0.15, 0.2) is 6.04 Å². The zero-order valence-electron chi connectivity index (χ0n) is 15.1. The third-order valence-electron chi connectivity index (χ3n) is 5.23. The number of halogens is 1. The Bertz CT molecular complexity index is 916. The van der Waals surface area contributed by atoms with E-state index in [1.165, 1.54) is 17.0 Å². The van der Waals surface area contributed by atoms with Gasteiger partial charge in [-0.25, -0.2) is 4.39 Å². The number of benzene rings is 2. The minimum Gasteiger partial charge on any atom is -0.490 e. The van der Waals surface area contributed by atoms with E-state index in [2.05, 4.69) is 18.0 Å². The third-order valence-corrected chi connectivity index (χ3v) is 5.23. The smallest absolute Gasteiger partial charge is 0.260 e. The topological polar surface area (TPSA) is 56.6 Å². The Labute approximate surface area is 157 Å². The summed E-state index contributed by atoms with van der Waals surface area (Å²) in [4.78, 5) is 16.3. The molecule has 2 aromatic rings. The fourth-order valence-electron chi connectivity index (χ4n) is 3.74. The molecule has 2 aliphatic heterocycles. The summed E-state index contributed by atoms with van der Waals surface area (Å²) in [5, 5.41) is 9.68. The molecule has 2 aromatic carbocycles. The number of amides is 1. The van der Waals surface area contributed by atoms with Crippen molar-refractivity contribution in [3.8, 4) is 11.8 Å². The van der Waals surface area contributed by atoms with Gasteiger partial charge in [-0.3, -0.25) is 9.69 Å². The maximum atomic E-state index is 14.2. The number of carbonyl (C=O) groups excluding carboxylic acids is 1. The monoisotopic (exact) mass is 365 g/mol. The number of rotatable bonds is 3. The Balaban J connectivity index is 1.63. The molecule has 5 nitrogen and oxygen atoms in total. The zero-order chi connectivity index (χ0) is 19.0. The van der Waals surface area contributed by atoms with Crippen molar-refractivity contribution < 1.29 is 13.9 Å². The Morgan fingerprint density at radius 2 is 1.93 bits per heavy atom. The Hall–Kier alpha value is -2.91. The summed E-state index contributed by atoms with van der Waals surface area (Å²) >= 11 is 0. The van der Waals surface area contributed by atoms with Gasteiger partial charge in [-0.1, -0.05) is 12.1 Å². The molecule has 1 unspecified atom stereocenters. The van der Waals surface area contributed by atoms with E-state index in [-0.39, 0.29) is 17.7 Å². The standard InChI is InChI=1S/C21H20FN3O2/c1-24-10-8-14(9-11-24)27-15-6-7-16-17(12-15)20(13-23)25(21(16)26)19-5-3-2-4-18(19)22/h2-7,12,14,20H,8-11H2,1H3. The SMILES string of the molecule is CN1CCC(Oc2ccc3c(c2)C(C#N)N(c2ccccc2F)C3=O)CC1. The van der Waals surface area contributed by atoms with Crippen LogP contribution in [0.1, 0.15) is 34.8 Å². The predicted octanol–water partition coefficient (Wildman–Crippen LogP) is 3.52. The fraction of sp³-hybridized carbons (Fsp3) is 0.333. The van der Waals surface area contributed by atoms with E-state index in [9.17, 15) is 14.4 Å². The lowest BCUT2D eigenvalue weighted by atomic mass is 10.0. The highest BCUT2D eigenvalue weighted by Gasteiger charge is 2.39. The predicted molar refractivity (Wildman–Crippen MR) is 99.2 cm³/mol. The van der Waals surface area contributed by atoms with Crippen LogP contribution in [0.2, 0.25) is 0 Å². The largest absolute Gasteiger partial charge is 0.490 e. The number of piperidine rings is 1. The van der Waals surface area contributed by atoms with Crippen LogP contribution in [-0.4, -0.2) is 37.0 Å². The van der Waals surface area contributed by atoms with E-state index >= 15 is 0 Å². The molecule has 0 radical (unpaired) electrons. The lowest BCUT2D eigenvalue weighted by Gasteiger charge is -2.29. The van der Waals surface area contributed by atoms with Crippen LogP contribution < -0.4 is 9.64 Å². The van der Waals surface area contributed by atoms with Crippen molar-refractivity contribution >= 4 is 11.6 Å². The van der Waals surface area contributed by atoms with Gasteiger partial charge >= 0.3 is 0 Å². The number of anilines is 1. The first kappa shape index (κ1) is 17.5. The Morgan fingerprint density at radius 3 is 2.63 bits per heavy atom. The van der Waals surface area contributed by atoms with Gasteiger partial charge in [-0.15, -0.1) is 0 Å². The van der Waals surface area contributed by atoms with Crippen LogP contribution in [0, 0.1) is 17.1 Å².